The molecule has 0 radical (unpaired) electrons. The smallest absolute Gasteiger partial charge is 0.264 e. The molecule has 1 saturated heterocycles. The van der Waals surface area contributed by atoms with Gasteiger partial charge in [0.2, 0.25) is 0 Å². The molecule has 29 heavy (non-hydrogen) atoms. The van der Waals surface area contributed by atoms with E-state index < -0.39 is 0 Å². The predicted molar refractivity (Wildman–Crippen MR) is 120 cm³/mol. The van der Waals surface area contributed by atoms with Crippen LogP contribution in [0.1, 0.15) is 40.1 Å². The molecule has 4 heterocycles. The summed E-state index contributed by atoms with van der Waals surface area (Å²) in [4.78, 5) is 28.8. The number of piperidine rings is 1. The highest BCUT2D eigenvalue weighted by atomic mass is 32.2. The molecule has 0 N–H and O–H groups in total. The van der Waals surface area contributed by atoms with Crippen LogP contribution < -0.4 is 4.90 Å². The monoisotopic (exact) mass is 424 g/mol. The predicted octanol–water partition coefficient (Wildman–Crippen LogP) is 4.60. The van der Waals surface area contributed by atoms with E-state index >= 15 is 0 Å². The Balaban J connectivity index is 1.48. The standard InChI is InChI=1S/C22H24N4OS2/c1-28-22-23-19(25-10-5-2-6-11-25)17-13-18(29-20(17)24-22)21(27)26-12-9-15-7-3-4-8-16(15)14-26/h3-4,7-8,13H,2,5-6,9-12,14H2,1H3. The number of hydrogen-bond acceptors (Lipinski definition) is 6. The summed E-state index contributed by atoms with van der Waals surface area (Å²) >= 11 is 3.07. The largest absolute Gasteiger partial charge is 0.356 e. The van der Waals surface area contributed by atoms with E-state index in [4.69, 9.17) is 9.97 Å². The summed E-state index contributed by atoms with van der Waals surface area (Å²) in [6.45, 7) is 3.51. The van der Waals surface area contributed by atoms with E-state index in [1.165, 1.54) is 41.7 Å². The van der Waals surface area contributed by atoms with Crippen LogP contribution >= 0.6 is 23.1 Å². The normalized spacial score (nSPS) is 16.9. The number of carbonyl (C=O) groups excluding carboxylic acids is 1. The molecule has 0 spiro atoms. The van der Waals surface area contributed by atoms with Crippen LogP contribution in [0.15, 0.2) is 35.5 Å². The van der Waals surface area contributed by atoms with E-state index in [-0.39, 0.29) is 5.91 Å². The summed E-state index contributed by atoms with van der Waals surface area (Å²) in [6, 6.07) is 10.4. The van der Waals surface area contributed by atoms with Gasteiger partial charge < -0.3 is 9.80 Å². The van der Waals surface area contributed by atoms with Crippen molar-refractivity contribution in [3.05, 3.63) is 46.3 Å². The van der Waals surface area contributed by atoms with E-state index in [9.17, 15) is 4.79 Å². The molecule has 0 atom stereocenters. The van der Waals surface area contributed by atoms with Crippen LogP contribution in [-0.4, -0.2) is 46.7 Å². The molecule has 2 aliphatic rings. The molecular formula is C22H24N4OS2. The highest BCUT2D eigenvalue weighted by Gasteiger charge is 2.25. The lowest BCUT2D eigenvalue weighted by Gasteiger charge is -2.28. The molecule has 0 aliphatic carbocycles. The summed E-state index contributed by atoms with van der Waals surface area (Å²) in [6.07, 6.45) is 6.60. The topological polar surface area (TPSA) is 49.3 Å². The number of rotatable bonds is 3. The fraction of sp³-hybridized carbons (Fsp3) is 0.409. The van der Waals surface area contributed by atoms with Crippen molar-refractivity contribution in [1.82, 2.24) is 14.9 Å². The van der Waals surface area contributed by atoms with Crippen LogP contribution in [0.5, 0.6) is 0 Å². The minimum Gasteiger partial charge on any atom is -0.356 e. The Morgan fingerprint density at radius 3 is 2.66 bits per heavy atom. The van der Waals surface area contributed by atoms with Crippen molar-refractivity contribution < 1.29 is 4.79 Å². The molecule has 3 aromatic rings. The van der Waals surface area contributed by atoms with Gasteiger partial charge in [-0.2, -0.15) is 0 Å². The van der Waals surface area contributed by atoms with Crippen molar-refractivity contribution in [2.24, 2.45) is 0 Å². The first-order valence-electron chi connectivity index (χ1n) is 10.2. The van der Waals surface area contributed by atoms with Gasteiger partial charge in [-0.05, 0) is 49.1 Å². The Morgan fingerprint density at radius 2 is 1.86 bits per heavy atom. The summed E-state index contributed by atoms with van der Waals surface area (Å²) in [5, 5.41) is 1.81. The maximum Gasteiger partial charge on any atom is 0.264 e. The first-order valence-corrected chi connectivity index (χ1v) is 12.2. The Hall–Kier alpha value is -2.12. The molecule has 1 fully saturated rings. The number of aromatic nitrogens is 2. The fourth-order valence-electron chi connectivity index (χ4n) is 4.26. The third-order valence-corrected chi connectivity index (χ3v) is 7.38. The molecule has 5 rings (SSSR count). The van der Waals surface area contributed by atoms with Crippen LogP contribution in [0.25, 0.3) is 10.2 Å². The van der Waals surface area contributed by atoms with Crippen molar-refractivity contribution in [2.75, 3.05) is 30.8 Å². The summed E-state index contributed by atoms with van der Waals surface area (Å²) in [5.41, 5.74) is 2.61. The van der Waals surface area contributed by atoms with Crippen LogP contribution in [-0.2, 0) is 13.0 Å². The molecule has 1 amide bonds. The highest BCUT2D eigenvalue weighted by molar-refractivity contribution is 7.98. The minimum atomic E-state index is 0.109. The number of carbonyl (C=O) groups is 1. The Labute approximate surface area is 179 Å². The maximum atomic E-state index is 13.3. The zero-order valence-corrected chi connectivity index (χ0v) is 18.2. The van der Waals surface area contributed by atoms with Gasteiger partial charge in [0.25, 0.3) is 5.91 Å². The second-order valence-corrected chi connectivity index (χ2v) is 9.46. The van der Waals surface area contributed by atoms with E-state index in [2.05, 4.69) is 29.2 Å². The lowest BCUT2D eigenvalue weighted by Crippen LogP contribution is -2.35. The number of amides is 1. The number of fused-ring (bicyclic) bond motifs is 2. The first kappa shape index (κ1) is 18.9. The van der Waals surface area contributed by atoms with Crippen molar-refractivity contribution in [3.63, 3.8) is 0 Å². The van der Waals surface area contributed by atoms with Gasteiger partial charge in [-0.25, -0.2) is 9.97 Å². The average molecular weight is 425 g/mol. The second-order valence-electron chi connectivity index (χ2n) is 7.66. The average Bonchev–Trinajstić information content (AvgIpc) is 3.22. The summed E-state index contributed by atoms with van der Waals surface area (Å²) < 4.78 is 0. The van der Waals surface area contributed by atoms with Crippen LogP contribution in [0, 0.1) is 0 Å². The second kappa shape index (κ2) is 7.95. The molecule has 7 heteroatoms. The molecule has 0 saturated carbocycles. The van der Waals surface area contributed by atoms with E-state index in [1.54, 1.807) is 11.8 Å². The molecule has 0 bridgehead atoms. The van der Waals surface area contributed by atoms with Crippen LogP contribution in [0.4, 0.5) is 5.82 Å². The van der Waals surface area contributed by atoms with E-state index in [0.29, 0.717) is 6.54 Å². The van der Waals surface area contributed by atoms with Crippen molar-refractivity contribution in [2.45, 2.75) is 37.4 Å². The highest BCUT2D eigenvalue weighted by Crippen LogP contribution is 2.35. The summed E-state index contributed by atoms with van der Waals surface area (Å²) in [5.74, 6) is 1.11. The number of anilines is 1. The number of benzene rings is 1. The van der Waals surface area contributed by atoms with Gasteiger partial charge in [0.05, 0.1) is 10.3 Å². The third-order valence-electron chi connectivity index (χ3n) is 5.82. The van der Waals surface area contributed by atoms with Gasteiger partial charge in [-0.15, -0.1) is 11.3 Å². The van der Waals surface area contributed by atoms with Gasteiger partial charge in [-0.3, -0.25) is 4.79 Å². The van der Waals surface area contributed by atoms with Crippen molar-refractivity contribution in [1.29, 1.82) is 0 Å². The Kier molecular flexibility index (Phi) is 5.18. The van der Waals surface area contributed by atoms with Gasteiger partial charge >= 0.3 is 0 Å². The first-order chi connectivity index (χ1) is 14.2. The minimum absolute atomic E-state index is 0.109. The number of hydrogen-bond donors (Lipinski definition) is 0. The number of nitrogens with zero attached hydrogens (tertiary/aromatic N) is 4. The lowest BCUT2D eigenvalue weighted by atomic mass is 10.00. The van der Waals surface area contributed by atoms with E-state index in [0.717, 1.165) is 52.1 Å². The fourth-order valence-corrected chi connectivity index (χ4v) is 5.67. The van der Waals surface area contributed by atoms with Gasteiger partial charge in [-0.1, -0.05) is 36.0 Å². The molecular weight excluding hydrogens is 400 g/mol. The van der Waals surface area contributed by atoms with Crippen molar-refractivity contribution >= 4 is 45.0 Å². The summed E-state index contributed by atoms with van der Waals surface area (Å²) in [7, 11) is 0. The SMILES string of the molecule is CSc1nc(N2CCCCC2)c2cc(C(=O)N3CCc4ccccc4C3)sc2n1. The Morgan fingerprint density at radius 1 is 1.07 bits per heavy atom. The zero-order valence-electron chi connectivity index (χ0n) is 16.6. The Bertz CT molecular complexity index is 1060. The van der Waals surface area contributed by atoms with Crippen LogP contribution in [0.3, 0.4) is 0 Å². The molecule has 2 aromatic heterocycles. The lowest BCUT2D eigenvalue weighted by molar-refractivity contribution is 0.0739. The molecule has 150 valence electrons. The van der Waals surface area contributed by atoms with Gasteiger partial charge in [0.1, 0.15) is 10.6 Å². The van der Waals surface area contributed by atoms with Gasteiger partial charge in [0, 0.05) is 26.2 Å². The molecule has 2 aliphatic heterocycles. The van der Waals surface area contributed by atoms with E-state index in [1.807, 2.05) is 17.2 Å². The molecule has 5 nitrogen and oxygen atoms in total. The quantitative estimate of drug-likeness (QED) is 0.454. The number of thiophene rings is 1. The molecule has 0 unspecified atom stereocenters. The van der Waals surface area contributed by atoms with Crippen LogP contribution in [0.2, 0.25) is 0 Å². The number of thioether (sulfide) groups is 1. The van der Waals surface area contributed by atoms with Crippen molar-refractivity contribution in [3.8, 4) is 0 Å². The third kappa shape index (κ3) is 3.62. The zero-order chi connectivity index (χ0) is 19.8. The molecule has 1 aromatic carbocycles. The maximum absolute atomic E-state index is 13.3. The van der Waals surface area contributed by atoms with Gasteiger partial charge in [0.15, 0.2) is 5.16 Å².